The highest BCUT2D eigenvalue weighted by atomic mass is 79.9. The van der Waals surface area contributed by atoms with Gasteiger partial charge in [0.05, 0.1) is 17.2 Å². The van der Waals surface area contributed by atoms with Gasteiger partial charge in [0.2, 0.25) is 11.8 Å². The van der Waals surface area contributed by atoms with Gasteiger partial charge in [0, 0.05) is 41.8 Å². The molecule has 2 aliphatic rings. The van der Waals surface area contributed by atoms with E-state index >= 15 is 0 Å². The molecule has 12 heteroatoms. The second-order valence-corrected chi connectivity index (χ2v) is 13.1. The second kappa shape index (κ2) is 9.57. The van der Waals surface area contributed by atoms with E-state index in [0.717, 1.165) is 5.01 Å². The average Bonchev–Trinajstić information content (AvgIpc) is 2.98. The predicted octanol–water partition coefficient (Wildman–Crippen LogP) is 4.99. The molecular formula is C22H26Br4N4O4. The van der Waals surface area contributed by atoms with Crippen molar-refractivity contribution in [2.24, 2.45) is 5.73 Å². The number of amides is 4. The molecule has 3 rings (SSSR count). The predicted molar refractivity (Wildman–Crippen MR) is 142 cm³/mol. The fraction of sp³-hybridized carbons (Fsp3) is 0.545. The Morgan fingerprint density at radius 3 is 1.68 bits per heavy atom. The summed E-state index contributed by atoms with van der Waals surface area (Å²) in [5.41, 5.74) is 4.97. The van der Waals surface area contributed by atoms with Gasteiger partial charge in [0.15, 0.2) is 0 Å². The van der Waals surface area contributed by atoms with Crippen LogP contribution in [0.3, 0.4) is 0 Å². The summed E-state index contributed by atoms with van der Waals surface area (Å²) in [6, 6.07) is -0.451. The Hall–Kier alpha value is -0.820. The molecule has 0 spiro atoms. The van der Waals surface area contributed by atoms with Crippen molar-refractivity contribution in [1.82, 2.24) is 14.9 Å². The number of rotatable bonds is 5. The van der Waals surface area contributed by atoms with Crippen molar-refractivity contribution >= 4 is 87.3 Å². The number of carbonyl (C=O) groups excluding carboxylic acids is 4. The molecule has 0 bridgehead atoms. The van der Waals surface area contributed by atoms with Gasteiger partial charge >= 0.3 is 0 Å². The number of benzene rings is 1. The lowest BCUT2D eigenvalue weighted by Gasteiger charge is -2.56. The van der Waals surface area contributed by atoms with Crippen LogP contribution in [0.15, 0.2) is 17.9 Å². The first-order valence-electron chi connectivity index (χ1n) is 10.6. The Morgan fingerprint density at radius 2 is 1.29 bits per heavy atom. The third-order valence-electron chi connectivity index (χ3n) is 6.77. The molecule has 0 saturated carbocycles. The molecular weight excluding hydrogens is 704 g/mol. The van der Waals surface area contributed by atoms with E-state index in [4.69, 9.17) is 5.73 Å². The Labute approximate surface area is 232 Å². The van der Waals surface area contributed by atoms with E-state index in [2.05, 4.69) is 96.3 Å². The van der Waals surface area contributed by atoms with E-state index in [0.29, 0.717) is 30.7 Å². The van der Waals surface area contributed by atoms with Crippen LogP contribution >= 0.6 is 63.7 Å². The topological polar surface area (TPSA) is 104 Å². The third-order valence-corrected chi connectivity index (χ3v) is 11.5. The van der Waals surface area contributed by atoms with Crippen LogP contribution in [0, 0.1) is 0 Å². The molecule has 4 amide bonds. The molecule has 0 aromatic heterocycles. The Balaban J connectivity index is 2.14. The summed E-state index contributed by atoms with van der Waals surface area (Å²) < 4.78 is 1.95. The molecule has 8 nitrogen and oxygen atoms in total. The molecule has 2 heterocycles. The minimum absolute atomic E-state index is 0.158. The van der Waals surface area contributed by atoms with Crippen LogP contribution in [0.1, 0.15) is 74.1 Å². The zero-order chi connectivity index (χ0) is 25.9. The molecule has 1 fully saturated rings. The number of hydrazine groups is 1. The lowest BCUT2D eigenvalue weighted by molar-refractivity contribution is -0.155. The highest BCUT2D eigenvalue weighted by Gasteiger charge is 2.51. The summed E-state index contributed by atoms with van der Waals surface area (Å²) in [4.78, 5) is 54.5. The first-order chi connectivity index (χ1) is 15.5. The largest absolute Gasteiger partial charge is 0.370 e. The highest BCUT2D eigenvalue weighted by molar-refractivity contribution is 9.15. The normalized spacial score (nSPS) is 20.0. The smallest absolute Gasteiger partial charge is 0.282 e. The van der Waals surface area contributed by atoms with Gasteiger partial charge in [-0.15, -0.1) is 0 Å². The van der Waals surface area contributed by atoms with Gasteiger partial charge in [0.1, 0.15) is 0 Å². The van der Waals surface area contributed by atoms with Crippen molar-refractivity contribution < 1.29 is 19.2 Å². The summed E-state index contributed by atoms with van der Waals surface area (Å²) in [5.74, 6) is -2.34. The maximum atomic E-state index is 13.7. The molecule has 2 aliphatic heterocycles. The van der Waals surface area contributed by atoms with Crippen LogP contribution in [-0.4, -0.2) is 62.7 Å². The maximum absolute atomic E-state index is 13.7. The number of nitrogens with two attached hydrogens (primary N) is 1. The van der Waals surface area contributed by atoms with Crippen molar-refractivity contribution in [2.75, 3.05) is 7.05 Å². The van der Waals surface area contributed by atoms with Gasteiger partial charge in [-0.3, -0.25) is 24.1 Å². The van der Waals surface area contributed by atoms with Crippen molar-refractivity contribution in [3.05, 3.63) is 29.0 Å². The molecule has 186 valence electrons. The van der Waals surface area contributed by atoms with E-state index in [1.807, 2.05) is 7.05 Å². The number of nitrogens with zero attached hydrogens (tertiary/aromatic N) is 3. The molecule has 0 radical (unpaired) electrons. The maximum Gasteiger partial charge on any atom is 0.282 e. The van der Waals surface area contributed by atoms with E-state index in [1.165, 1.54) is 5.01 Å². The van der Waals surface area contributed by atoms with Crippen LogP contribution < -0.4 is 5.73 Å². The molecule has 0 unspecified atom stereocenters. The number of hydrogen-bond acceptors (Lipinski definition) is 5. The molecule has 0 atom stereocenters. The summed E-state index contributed by atoms with van der Waals surface area (Å²) in [5, 5.41) is 2.20. The van der Waals surface area contributed by atoms with Gasteiger partial charge in [-0.05, 0) is 111 Å². The number of imide groups is 1. The lowest BCUT2D eigenvalue weighted by atomic mass is 9.77. The van der Waals surface area contributed by atoms with Gasteiger partial charge in [-0.25, -0.2) is 5.01 Å². The van der Waals surface area contributed by atoms with E-state index in [1.54, 1.807) is 0 Å². The molecule has 1 aromatic carbocycles. The summed E-state index contributed by atoms with van der Waals surface area (Å²) in [6.07, 6.45) is 0.671. The van der Waals surface area contributed by atoms with Gasteiger partial charge in [-0.1, -0.05) is 0 Å². The zero-order valence-electron chi connectivity index (χ0n) is 19.5. The Bertz CT molecular complexity index is 1040. The Kier molecular flexibility index (Phi) is 7.81. The van der Waals surface area contributed by atoms with Crippen molar-refractivity contribution in [1.29, 1.82) is 0 Å². The van der Waals surface area contributed by atoms with E-state index in [9.17, 15) is 19.2 Å². The van der Waals surface area contributed by atoms with Gasteiger partial charge in [-0.2, -0.15) is 5.01 Å². The number of halogens is 4. The first-order valence-corrected chi connectivity index (χ1v) is 13.8. The Morgan fingerprint density at radius 1 is 0.882 bits per heavy atom. The molecule has 1 saturated heterocycles. The summed E-state index contributed by atoms with van der Waals surface area (Å²) in [6.45, 7) is 8.26. The molecule has 1 aromatic rings. The fourth-order valence-corrected chi connectivity index (χ4v) is 7.31. The van der Waals surface area contributed by atoms with E-state index < -0.39 is 29.7 Å². The lowest BCUT2D eigenvalue weighted by Crippen LogP contribution is -2.66. The minimum Gasteiger partial charge on any atom is -0.370 e. The molecule has 0 aliphatic carbocycles. The number of hydrogen-bond donors (Lipinski definition) is 1. The first kappa shape index (κ1) is 27.8. The van der Waals surface area contributed by atoms with E-state index in [-0.39, 0.29) is 35.0 Å². The van der Waals surface area contributed by atoms with Crippen LogP contribution in [0.2, 0.25) is 0 Å². The zero-order valence-corrected chi connectivity index (χ0v) is 25.8. The standard InChI is InChI=1S/C22H26Br4N4O4/c1-21(2)8-10(9-22(3,4)28(21)5)29(12(32)7-6-11(27)31)30-19(33)13-14(20(30)34)16(24)18(26)17(25)15(13)23/h10H,6-9H2,1-5H3,(H2,27,31). The van der Waals surface area contributed by atoms with Gasteiger partial charge < -0.3 is 5.73 Å². The minimum atomic E-state index is -0.627. The molecule has 2 N–H and O–H groups in total. The summed E-state index contributed by atoms with van der Waals surface area (Å²) in [7, 11) is 2.03. The number of piperidine rings is 1. The van der Waals surface area contributed by atoms with Crippen LogP contribution in [0.4, 0.5) is 0 Å². The van der Waals surface area contributed by atoms with Crippen molar-refractivity contribution in [3.63, 3.8) is 0 Å². The fourth-order valence-electron chi connectivity index (χ4n) is 4.85. The van der Waals surface area contributed by atoms with Crippen LogP contribution in [0.5, 0.6) is 0 Å². The number of carbonyl (C=O) groups is 4. The quantitative estimate of drug-likeness (QED) is 0.262. The van der Waals surface area contributed by atoms with Gasteiger partial charge in [0.25, 0.3) is 11.8 Å². The number of fused-ring (bicyclic) bond motifs is 1. The van der Waals surface area contributed by atoms with Crippen LogP contribution in [-0.2, 0) is 9.59 Å². The molecule has 34 heavy (non-hydrogen) atoms. The van der Waals surface area contributed by atoms with Crippen molar-refractivity contribution in [3.8, 4) is 0 Å². The monoisotopic (exact) mass is 726 g/mol. The SMILES string of the molecule is CN1C(C)(C)CC(N(C(=O)CCC(N)=O)N2C(=O)c3c(Br)c(Br)c(Br)c(Br)c3C2=O)CC1(C)C. The number of primary amides is 1. The highest BCUT2D eigenvalue weighted by Crippen LogP contribution is 2.47. The summed E-state index contributed by atoms with van der Waals surface area (Å²) >= 11 is 13.7. The van der Waals surface area contributed by atoms with Crippen LogP contribution in [0.25, 0.3) is 0 Å². The third kappa shape index (κ3) is 4.65. The van der Waals surface area contributed by atoms with Crippen molar-refractivity contribution in [2.45, 2.75) is 70.5 Å². The number of likely N-dealkylation sites (tertiary alicyclic amines) is 1. The second-order valence-electron chi connectivity index (χ2n) is 9.88. The average molecular weight is 730 g/mol.